The van der Waals surface area contributed by atoms with Crippen molar-refractivity contribution >= 4 is 5.97 Å². The first-order chi connectivity index (χ1) is 11.7. The van der Waals surface area contributed by atoms with Crippen molar-refractivity contribution in [3.8, 4) is 11.1 Å². The van der Waals surface area contributed by atoms with Gasteiger partial charge in [-0.25, -0.2) is 4.79 Å². The largest absolute Gasteiger partial charge is 0.459 e. The Morgan fingerprint density at radius 3 is 2.12 bits per heavy atom. The number of ether oxygens (including phenoxy) is 1. The molecule has 0 radical (unpaired) electrons. The van der Waals surface area contributed by atoms with Crippen LogP contribution in [0.3, 0.4) is 0 Å². The van der Waals surface area contributed by atoms with Crippen LogP contribution in [0.15, 0.2) is 84.9 Å². The van der Waals surface area contributed by atoms with E-state index in [-0.39, 0.29) is 12.1 Å². The summed E-state index contributed by atoms with van der Waals surface area (Å²) in [5, 5.41) is 0. The molecule has 2 heteroatoms. The normalized spacial score (nSPS) is 11.7. The summed E-state index contributed by atoms with van der Waals surface area (Å²) >= 11 is 0. The SMILES string of the molecule is CC(Cc1ccccc1)OC(=O)c1ccccc1-c1ccccc1. The monoisotopic (exact) mass is 316 g/mol. The van der Waals surface area contributed by atoms with E-state index in [0.29, 0.717) is 12.0 Å². The maximum absolute atomic E-state index is 12.6. The highest BCUT2D eigenvalue weighted by Crippen LogP contribution is 2.24. The summed E-state index contributed by atoms with van der Waals surface area (Å²) in [7, 11) is 0. The molecule has 0 amide bonds. The highest BCUT2D eigenvalue weighted by Gasteiger charge is 2.16. The zero-order valence-corrected chi connectivity index (χ0v) is 13.7. The van der Waals surface area contributed by atoms with Gasteiger partial charge in [-0.15, -0.1) is 0 Å². The smallest absolute Gasteiger partial charge is 0.339 e. The van der Waals surface area contributed by atoms with E-state index in [1.165, 1.54) is 0 Å². The van der Waals surface area contributed by atoms with E-state index in [9.17, 15) is 4.79 Å². The fourth-order valence-electron chi connectivity index (χ4n) is 2.76. The highest BCUT2D eigenvalue weighted by molar-refractivity contribution is 5.97. The molecule has 0 heterocycles. The van der Waals surface area contributed by atoms with Crippen molar-refractivity contribution in [2.45, 2.75) is 19.4 Å². The number of benzene rings is 3. The van der Waals surface area contributed by atoms with Crippen LogP contribution in [0.2, 0.25) is 0 Å². The summed E-state index contributed by atoms with van der Waals surface area (Å²) in [6.07, 6.45) is 0.531. The van der Waals surface area contributed by atoms with Gasteiger partial charge in [0, 0.05) is 6.42 Å². The van der Waals surface area contributed by atoms with E-state index in [1.54, 1.807) is 0 Å². The standard InChI is InChI=1S/C22H20O2/c1-17(16-18-10-4-2-5-11-18)24-22(23)21-15-9-8-14-20(21)19-12-6-3-7-13-19/h2-15,17H,16H2,1H3. The third-order valence-electron chi connectivity index (χ3n) is 3.91. The van der Waals surface area contributed by atoms with Gasteiger partial charge in [-0.2, -0.15) is 0 Å². The van der Waals surface area contributed by atoms with Crippen LogP contribution in [-0.2, 0) is 11.2 Å². The summed E-state index contributed by atoms with van der Waals surface area (Å²) in [5.41, 5.74) is 3.67. The molecule has 0 spiro atoms. The van der Waals surface area contributed by atoms with Gasteiger partial charge in [0.2, 0.25) is 0 Å². The number of hydrogen-bond donors (Lipinski definition) is 0. The maximum Gasteiger partial charge on any atom is 0.339 e. The summed E-state index contributed by atoms with van der Waals surface area (Å²) < 4.78 is 5.66. The minimum atomic E-state index is -0.280. The van der Waals surface area contributed by atoms with Crippen molar-refractivity contribution in [1.82, 2.24) is 0 Å². The van der Waals surface area contributed by atoms with E-state index in [1.807, 2.05) is 91.9 Å². The van der Waals surface area contributed by atoms with Gasteiger partial charge < -0.3 is 4.74 Å². The fourth-order valence-corrected chi connectivity index (χ4v) is 2.76. The number of rotatable bonds is 5. The van der Waals surface area contributed by atoms with Gasteiger partial charge in [0.05, 0.1) is 5.56 Å². The van der Waals surface area contributed by atoms with Crippen LogP contribution in [0, 0.1) is 0 Å². The maximum atomic E-state index is 12.6. The predicted molar refractivity (Wildman–Crippen MR) is 96.9 cm³/mol. The molecule has 1 atom stereocenters. The minimum absolute atomic E-state index is 0.177. The van der Waals surface area contributed by atoms with Gasteiger partial charge in [0.15, 0.2) is 0 Å². The van der Waals surface area contributed by atoms with Crippen LogP contribution in [-0.4, -0.2) is 12.1 Å². The molecule has 0 aromatic heterocycles. The molecule has 0 aliphatic heterocycles. The molecule has 0 fully saturated rings. The molecule has 0 N–H and O–H groups in total. The molecule has 0 saturated heterocycles. The Balaban J connectivity index is 1.76. The van der Waals surface area contributed by atoms with Crippen molar-refractivity contribution < 1.29 is 9.53 Å². The molecule has 1 unspecified atom stereocenters. The number of hydrogen-bond acceptors (Lipinski definition) is 2. The van der Waals surface area contributed by atoms with Crippen molar-refractivity contribution in [3.05, 3.63) is 96.1 Å². The van der Waals surface area contributed by atoms with Gasteiger partial charge >= 0.3 is 5.97 Å². The molecular formula is C22H20O2. The Bertz CT molecular complexity index is 794. The van der Waals surface area contributed by atoms with E-state index in [4.69, 9.17) is 4.74 Å². The molecule has 0 aliphatic rings. The number of esters is 1. The first-order valence-corrected chi connectivity index (χ1v) is 8.13. The molecular weight excluding hydrogens is 296 g/mol. The third kappa shape index (κ3) is 3.90. The topological polar surface area (TPSA) is 26.3 Å². The zero-order valence-electron chi connectivity index (χ0n) is 13.7. The molecule has 0 bridgehead atoms. The van der Waals surface area contributed by atoms with E-state index < -0.39 is 0 Å². The Kier molecular flexibility index (Phi) is 5.07. The van der Waals surface area contributed by atoms with E-state index >= 15 is 0 Å². The molecule has 3 rings (SSSR count). The lowest BCUT2D eigenvalue weighted by Gasteiger charge is -2.15. The summed E-state index contributed by atoms with van der Waals surface area (Å²) in [4.78, 5) is 12.6. The lowest BCUT2D eigenvalue weighted by Crippen LogP contribution is -2.18. The van der Waals surface area contributed by atoms with Crippen LogP contribution < -0.4 is 0 Å². The second-order valence-electron chi connectivity index (χ2n) is 5.82. The molecule has 0 saturated carbocycles. The first kappa shape index (κ1) is 16.0. The first-order valence-electron chi connectivity index (χ1n) is 8.13. The quantitative estimate of drug-likeness (QED) is 0.609. The Labute approximate surface area is 142 Å². The molecule has 0 aliphatic carbocycles. The Morgan fingerprint density at radius 2 is 1.42 bits per heavy atom. The lowest BCUT2D eigenvalue weighted by atomic mass is 10.00. The van der Waals surface area contributed by atoms with Crippen LogP contribution >= 0.6 is 0 Å². The van der Waals surface area contributed by atoms with Crippen LogP contribution in [0.4, 0.5) is 0 Å². The average Bonchev–Trinajstić information content (AvgIpc) is 2.63. The number of carbonyl (C=O) groups excluding carboxylic acids is 1. The molecule has 120 valence electrons. The lowest BCUT2D eigenvalue weighted by molar-refractivity contribution is 0.0344. The van der Waals surface area contributed by atoms with Crippen molar-refractivity contribution in [3.63, 3.8) is 0 Å². The van der Waals surface area contributed by atoms with Gasteiger partial charge in [0.25, 0.3) is 0 Å². The van der Waals surface area contributed by atoms with Crippen molar-refractivity contribution in [1.29, 1.82) is 0 Å². The molecule has 2 nitrogen and oxygen atoms in total. The van der Waals surface area contributed by atoms with Gasteiger partial charge in [-0.3, -0.25) is 0 Å². The fraction of sp³-hybridized carbons (Fsp3) is 0.136. The van der Waals surface area contributed by atoms with E-state index in [0.717, 1.165) is 16.7 Å². The van der Waals surface area contributed by atoms with Gasteiger partial charge in [-0.1, -0.05) is 78.9 Å². The van der Waals surface area contributed by atoms with Crippen LogP contribution in [0.5, 0.6) is 0 Å². The highest BCUT2D eigenvalue weighted by atomic mass is 16.5. The van der Waals surface area contributed by atoms with Gasteiger partial charge in [-0.05, 0) is 29.7 Å². The van der Waals surface area contributed by atoms with Crippen molar-refractivity contribution in [2.75, 3.05) is 0 Å². The third-order valence-corrected chi connectivity index (χ3v) is 3.91. The predicted octanol–water partition coefficient (Wildman–Crippen LogP) is 5.14. The molecule has 3 aromatic rings. The number of carbonyl (C=O) groups is 1. The summed E-state index contributed by atoms with van der Waals surface area (Å²) in [6.45, 7) is 1.93. The minimum Gasteiger partial charge on any atom is -0.459 e. The van der Waals surface area contributed by atoms with Crippen LogP contribution in [0.1, 0.15) is 22.8 Å². The Morgan fingerprint density at radius 1 is 0.833 bits per heavy atom. The zero-order chi connectivity index (χ0) is 16.8. The van der Waals surface area contributed by atoms with Crippen LogP contribution in [0.25, 0.3) is 11.1 Å². The second kappa shape index (κ2) is 7.60. The Hall–Kier alpha value is -2.87. The summed E-state index contributed by atoms with van der Waals surface area (Å²) in [6, 6.07) is 27.5. The van der Waals surface area contributed by atoms with Gasteiger partial charge in [0.1, 0.15) is 6.10 Å². The van der Waals surface area contributed by atoms with E-state index in [2.05, 4.69) is 0 Å². The van der Waals surface area contributed by atoms with Crippen molar-refractivity contribution in [2.24, 2.45) is 0 Å². The summed E-state index contributed by atoms with van der Waals surface area (Å²) in [5.74, 6) is -0.280. The second-order valence-corrected chi connectivity index (χ2v) is 5.82. The molecule has 3 aromatic carbocycles. The molecule has 24 heavy (non-hydrogen) atoms. The average molecular weight is 316 g/mol.